The quantitative estimate of drug-likeness (QED) is 0.702. The van der Waals surface area contributed by atoms with Gasteiger partial charge < -0.3 is 15.3 Å². The van der Waals surface area contributed by atoms with Crippen molar-refractivity contribution in [3.05, 3.63) is 11.6 Å². The number of carboxylic acid groups (broad SMARTS) is 1. The molecule has 144 valence electrons. The normalized spacial score (nSPS) is 48.8. The molecule has 5 heteroatoms. The zero-order chi connectivity index (χ0) is 18.9. The van der Waals surface area contributed by atoms with Crippen molar-refractivity contribution in [1.29, 1.82) is 0 Å². The lowest BCUT2D eigenvalue weighted by Crippen LogP contribution is -2.57. The first-order valence-electron chi connectivity index (χ1n) is 10.0. The Morgan fingerprint density at radius 3 is 2.65 bits per heavy atom. The Morgan fingerprint density at radius 2 is 1.96 bits per heavy atom. The van der Waals surface area contributed by atoms with E-state index in [-0.39, 0.29) is 28.4 Å². The van der Waals surface area contributed by atoms with Crippen molar-refractivity contribution in [2.75, 3.05) is 0 Å². The van der Waals surface area contributed by atoms with Gasteiger partial charge in [0.1, 0.15) is 0 Å². The third kappa shape index (κ3) is 2.36. The van der Waals surface area contributed by atoms with E-state index in [1.165, 1.54) is 5.57 Å². The highest BCUT2D eigenvalue weighted by molar-refractivity contribution is 5.91. The SMILES string of the molecule is C[C@]12C[C@H](O)[C@H]3[C@@H](CCC4=CC(=O)CC[C@@]43C)[C@@H]1CC[C@@H]2[C@H](O)C(=O)O. The summed E-state index contributed by atoms with van der Waals surface area (Å²) in [6.45, 7) is 4.30. The third-order valence-electron chi connectivity index (χ3n) is 8.60. The molecule has 26 heavy (non-hydrogen) atoms. The zero-order valence-electron chi connectivity index (χ0n) is 15.6. The van der Waals surface area contributed by atoms with Crippen molar-refractivity contribution < 1.29 is 24.9 Å². The summed E-state index contributed by atoms with van der Waals surface area (Å²) < 4.78 is 0. The highest BCUT2D eigenvalue weighted by atomic mass is 16.4. The summed E-state index contributed by atoms with van der Waals surface area (Å²) in [7, 11) is 0. The van der Waals surface area contributed by atoms with Gasteiger partial charge in [0.15, 0.2) is 11.9 Å². The second-order valence-electron chi connectivity index (χ2n) is 9.63. The number of rotatable bonds is 2. The molecule has 8 atom stereocenters. The summed E-state index contributed by atoms with van der Waals surface area (Å²) in [5.74, 6) is -0.430. The van der Waals surface area contributed by atoms with Crippen LogP contribution in [0.15, 0.2) is 11.6 Å². The average molecular weight is 362 g/mol. The molecule has 0 bridgehead atoms. The van der Waals surface area contributed by atoms with Crippen LogP contribution in [-0.4, -0.2) is 39.3 Å². The van der Waals surface area contributed by atoms with Crippen LogP contribution in [0, 0.1) is 34.5 Å². The van der Waals surface area contributed by atoms with Crippen molar-refractivity contribution in [3.63, 3.8) is 0 Å². The van der Waals surface area contributed by atoms with E-state index >= 15 is 0 Å². The number of allylic oxidation sites excluding steroid dienone is 1. The summed E-state index contributed by atoms with van der Waals surface area (Å²) >= 11 is 0. The van der Waals surface area contributed by atoms with Crippen LogP contribution in [-0.2, 0) is 9.59 Å². The summed E-state index contributed by atoms with van der Waals surface area (Å²) in [6.07, 6.45) is 5.35. The van der Waals surface area contributed by atoms with Gasteiger partial charge in [-0.15, -0.1) is 0 Å². The van der Waals surface area contributed by atoms with Gasteiger partial charge in [-0.1, -0.05) is 19.4 Å². The van der Waals surface area contributed by atoms with Crippen LogP contribution in [0.4, 0.5) is 0 Å². The van der Waals surface area contributed by atoms with Crippen molar-refractivity contribution in [1.82, 2.24) is 0 Å². The van der Waals surface area contributed by atoms with Crippen LogP contribution >= 0.6 is 0 Å². The summed E-state index contributed by atoms with van der Waals surface area (Å²) in [5.41, 5.74) is 0.749. The van der Waals surface area contributed by atoms with Gasteiger partial charge in [0, 0.05) is 12.3 Å². The van der Waals surface area contributed by atoms with Gasteiger partial charge in [0.25, 0.3) is 0 Å². The summed E-state index contributed by atoms with van der Waals surface area (Å²) in [4.78, 5) is 23.3. The molecule has 5 nitrogen and oxygen atoms in total. The molecule has 0 aromatic rings. The predicted octanol–water partition coefficient (Wildman–Crippen LogP) is 2.55. The number of aliphatic hydroxyl groups excluding tert-OH is 2. The van der Waals surface area contributed by atoms with Crippen LogP contribution in [0.5, 0.6) is 0 Å². The molecule has 0 aliphatic heterocycles. The molecule has 0 amide bonds. The molecule has 0 aromatic heterocycles. The second-order valence-corrected chi connectivity index (χ2v) is 9.63. The smallest absolute Gasteiger partial charge is 0.332 e. The number of fused-ring (bicyclic) bond motifs is 5. The number of carbonyl (C=O) groups excluding carboxylic acids is 1. The molecule has 4 aliphatic rings. The standard InChI is InChI=1S/C21H30O5/c1-20-8-7-12(22)9-11(20)3-4-13-14-5-6-15(18(24)19(25)26)21(14,2)10-16(23)17(13)20/h9,13-18,23-24H,3-8,10H2,1-2H3,(H,25,26)/t13-,14-,15+,16-,17+,18-,20-,21-/m0/s1. The van der Waals surface area contributed by atoms with Gasteiger partial charge in [0.05, 0.1) is 6.10 Å². The van der Waals surface area contributed by atoms with Crippen LogP contribution in [0.1, 0.15) is 58.8 Å². The Balaban J connectivity index is 1.69. The number of hydrogen-bond acceptors (Lipinski definition) is 4. The van der Waals surface area contributed by atoms with Gasteiger partial charge in [-0.05, 0) is 73.2 Å². The van der Waals surface area contributed by atoms with Crippen molar-refractivity contribution >= 4 is 11.8 Å². The zero-order valence-corrected chi connectivity index (χ0v) is 15.6. The molecule has 0 saturated heterocycles. The monoisotopic (exact) mass is 362 g/mol. The van der Waals surface area contributed by atoms with E-state index in [2.05, 4.69) is 13.8 Å². The predicted molar refractivity (Wildman–Crippen MR) is 95.2 cm³/mol. The van der Waals surface area contributed by atoms with E-state index in [1.807, 2.05) is 6.08 Å². The lowest BCUT2D eigenvalue weighted by Gasteiger charge is -2.60. The maximum atomic E-state index is 11.9. The largest absolute Gasteiger partial charge is 0.479 e. The van der Waals surface area contributed by atoms with Crippen LogP contribution in [0.3, 0.4) is 0 Å². The minimum Gasteiger partial charge on any atom is -0.479 e. The lowest BCUT2D eigenvalue weighted by atomic mass is 9.46. The fourth-order valence-corrected chi connectivity index (χ4v) is 7.42. The number of ketones is 1. The molecule has 3 saturated carbocycles. The topological polar surface area (TPSA) is 94.8 Å². The maximum Gasteiger partial charge on any atom is 0.332 e. The van der Waals surface area contributed by atoms with Gasteiger partial charge in [-0.2, -0.15) is 0 Å². The molecule has 4 rings (SSSR count). The first kappa shape index (κ1) is 18.2. The third-order valence-corrected chi connectivity index (χ3v) is 8.60. The highest BCUT2D eigenvalue weighted by Crippen LogP contribution is 2.66. The summed E-state index contributed by atoms with van der Waals surface area (Å²) in [5, 5.41) is 30.7. The average Bonchev–Trinajstić information content (AvgIpc) is 2.90. The molecule has 3 fully saturated rings. The van der Waals surface area contributed by atoms with Crippen molar-refractivity contribution in [3.8, 4) is 0 Å². The highest BCUT2D eigenvalue weighted by Gasteiger charge is 2.63. The Kier molecular flexibility index (Phi) is 4.12. The summed E-state index contributed by atoms with van der Waals surface area (Å²) in [6, 6.07) is 0. The molecule has 3 N–H and O–H groups in total. The molecule has 4 aliphatic carbocycles. The van der Waals surface area contributed by atoms with Crippen LogP contribution in [0.25, 0.3) is 0 Å². The molecule has 0 heterocycles. The Hall–Kier alpha value is -1.20. The minimum atomic E-state index is -1.35. The van der Waals surface area contributed by atoms with E-state index in [0.717, 1.165) is 25.7 Å². The fraction of sp³-hybridized carbons (Fsp3) is 0.810. The molecular weight excluding hydrogens is 332 g/mol. The molecule has 0 unspecified atom stereocenters. The minimum absolute atomic E-state index is 0.124. The van der Waals surface area contributed by atoms with E-state index in [4.69, 9.17) is 0 Å². The number of carbonyl (C=O) groups is 2. The van der Waals surface area contributed by atoms with Gasteiger partial charge in [-0.25, -0.2) is 4.79 Å². The fourth-order valence-electron chi connectivity index (χ4n) is 7.42. The molecular formula is C21H30O5. The van der Waals surface area contributed by atoms with E-state index < -0.39 is 18.2 Å². The van der Waals surface area contributed by atoms with Gasteiger partial charge in [0.2, 0.25) is 0 Å². The Bertz CT molecular complexity index is 669. The maximum absolute atomic E-state index is 11.9. The van der Waals surface area contributed by atoms with E-state index in [0.29, 0.717) is 31.1 Å². The first-order chi connectivity index (χ1) is 12.2. The van der Waals surface area contributed by atoms with Crippen LogP contribution in [0.2, 0.25) is 0 Å². The molecule has 0 spiro atoms. The number of aliphatic hydroxyl groups is 2. The number of aliphatic carboxylic acids is 1. The second kappa shape index (κ2) is 5.90. The molecule has 0 radical (unpaired) electrons. The van der Waals surface area contributed by atoms with E-state index in [1.54, 1.807) is 0 Å². The van der Waals surface area contributed by atoms with Gasteiger partial charge in [-0.3, -0.25) is 4.79 Å². The van der Waals surface area contributed by atoms with Crippen molar-refractivity contribution in [2.45, 2.75) is 71.0 Å². The Morgan fingerprint density at radius 1 is 1.23 bits per heavy atom. The first-order valence-corrected chi connectivity index (χ1v) is 10.0. The van der Waals surface area contributed by atoms with E-state index in [9.17, 15) is 24.9 Å². The number of hydrogen-bond donors (Lipinski definition) is 3. The Labute approximate surface area is 154 Å². The molecule has 0 aromatic carbocycles. The van der Waals surface area contributed by atoms with Crippen molar-refractivity contribution in [2.24, 2.45) is 34.5 Å². The van der Waals surface area contributed by atoms with Crippen LogP contribution < -0.4 is 0 Å². The van der Waals surface area contributed by atoms with Gasteiger partial charge >= 0.3 is 5.97 Å². The number of carboxylic acids is 1. The lowest BCUT2D eigenvalue weighted by molar-refractivity contribution is -0.162.